The van der Waals surface area contributed by atoms with Crippen LogP contribution in [0.15, 0.2) is 36.4 Å². The molecule has 0 amide bonds. The van der Waals surface area contributed by atoms with Crippen LogP contribution in [0.25, 0.3) is 0 Å². The van der Waals surface area contributed by atoms with E-state index in [9.17, 15) is 0 Å². The molecule has 3 rings (SSSR count). The molecule has 0 aromatic heterocycles. The van der Waals surface area contributed by atoms with Crippen molar-refractivity contribution in [1.29, 1.82) is 0 Å². The van der Waals surface area contributed by atoms with Gasteiger partial charge in [0.15, 0.2) is 23.0 Å². The lowest BCUT2D eigenvalue weighted by atomic mass is 10.0. The molecule has 6 nitrogen and oxygen atoms in total. The molecule has 0 bridgehead atoms. The molecule has 0 saturated heterocycles. The third kappa shape index (κ3) is 16.9. The molecule has 260 valence electrons. The minimum absolute atomic E-state index is 0.451. The van der Waals surface area contributed by atoms with Gasteiger partial charge in [0.25, 0.3) is 0 Å². The lowest BCUT2D eigenvalue weighted by Crippen LogP contribution is -2.15. The second-order valence-corrected chi connectivity index (χ2v) is 12.6. The van der Waals surface area contributed by atoms with Crippen molar-refractivity contribution >= 4 is 0 Å². The highest BCUT2D eigenvalue weighted by Gasteiger charge is 2.10. The first kappa shape index (κ1) is 38.0. The molecule has 0 fully saturated rings. The Morgan fingerprint density at radius 1 is 0.370 bits per heavy atom. The van der Waals surface area contributed by atoms with Crippen molar-refractivity contribution in [3.05, 3.63) is 47.5 Å². The number of ether oxygens (including phenoxy) is 6. The molecular weight excluding hydrogens is 576 g/mol. The van der Waals surface area contributed by atoms with E-state index in [0.29, 0.717) is 52.9 Å². The van der Waals surface area contributed by atoms with Gasteiger partial charge in [0.1, 0.15) is 26.4 Å². The summed E-state index contributed by atoms with van der Waals surface area (Å²) in [5, 5.41) is 0. The van der Waals surface area contributed by atoms with Crippen molar-refractivity contribution in [2.75, 3.05) is 52.9 Å². The van der Waals surface area contributed by atoms with E-state index in [-0.39, 0.29) is 0 Å². The molecule has 46 heavy (non-hydrogen) atoms. The van der Waals surface area contributed by atoms with Gasteiger partial charge < -0.3 is 28.4 Å². The molecule has 0 atom stereocenters. The number of aryl methyl sites for hydroxylation is 2. The molecular formula is C40H64O6. The van der Waals surface area contributed by atoms with Crippen LogP contribution in [-0.4, -0.2) is 52.9 Å². The Labute approximate surface area is 280 Å². The van der Waals surface area contributed by atoms with Crippen LogP contribution in [0.5, 0.6) is 23.0 Å². The highest BCUT2D eigenvalue weighted by Crippen LogP contribution is 2.31. The average Bonchev–Trinajstić information content (AvgIpc) is 3.07. The zero-order valence-electron chi connectivity index (χ0n) is 29.3. The Kier molecular flexibility index (Phi) is 21.2. The summed E-state index contributed by atoms with van der Waals surface area (Å²) in [5.41, 5.74) is 2.58. The first-order valence-electron chi connectivity index (χ1n) is 18.7. The summed E-state index contributed by atoms with van der Waals surface area (Å²) < 4.78 is 36.1. The summed E-state index contributed by atoms with van der Waals surface area (Å²) in [6.07, 6.45) is 23.3. The lowest BCUT2D eigenvalue weighted by Gasteiger charge is -2.17. The van der Waals surface area contributed by atoms with Gasteiger partial charge >= 0.3 is 0 Å². The first-order chi connectivity index (χ1) is 22.8. The highest BCUT2D eigenvalue weighted by molar-refractivity contribution is 5.44. The van der Waals surface area contributed by atoms with Crippen molar-refractivity contribution in [3.8, 4) is 23.0 Å². The van der Waals surface area contributed by atoms with Crippen molar-refractivity contribution in [3.63, 3.8) is 0 Å². The smallest absolute Gasteiger partial charge is 0.161 e. The van der Waals surface area contributed by atoms with Crippen LogP contribution in [0, 0.1) is 0 Å². The predicted octanol–water partition coefficient (Wildman–Crippen LogP) is 10.3. The van der Waals surface area contributed by atoms with Gasteiger partial charge in [-0.15, -0.1) is 0 Å². The van der Waals surface area contributed by atoms with Crippen LogP contribution in [-0.2, 0) is 22.3 Å². The largest absolute Gasteiger partial charge is 0.487 e. The summed E-state index contributed by atoms with van der Waals surface area (Å²) in [4.78, 5) is 0. The Morgan fingerprint density at radius 2 is 0.696 bits per heavy atom. The molecule has 0 aliphatic carbocycles. The quantitative estimate of drug-likeness (QED) is 0.151. The van der Waals surface area contributed by atoms with Gasteiger partial charge in [0.05, 0.1) is 26.4 Å². The molecule has 1 heterocycles. The molecule has 0 spiro atoms. The van der Waals surface area contributed by atoms with E-state index in [2.05, 4.69) is 38.1 Å². The van der Waals surface area contributed by atoms with Crippen LogP contribution in [0.2, 0.25) is 0 Å². The summed E-state index contributed by atoms with van der Waals surface area (Å²) >= 11 is 0. The van der Waals surface area contributed by atoms with Crippen molar-refractivity contribution < 1.29 is 28.4 Å². The minimum atomic E-state index is 0.451. The van der Waals surface area contributed by atoms with Crippen LogP contribution in [0.3, 0.4) is 0 Å². The van der Waals surface area contributed by atoms with Gasteiger partial charge in [-0.25, -0.2) is 0 Å². The Balaban J connectivity index is 1.43. The van der Waals surface area contributed by atoms with Crippen LogP contribution in [0.1, 0.15) is 128 Å². The standard InChI is InChI=1S/C40H64O6/c1-3-5-7-9-11-13-15-17-19-35-21-23-37-39(33-35)45-31-27-41-26-30-44-38-24-22-36(20-18-16-14-12-10-8-6-4-2)34-40(38)46-32-28-42-25-29-43-37/h21-24,33-34H,3-20,25-32H2,1-2H3. The summed E-state index contributed by atoms with van der Waals surface area (Å²) in [6, 6.07) is 12.7. The van der Waals surface area contributed by atoms with Gasteiger partial charge in [0.2, 0.25) is 0 Å². The first-order valence-corrected chi connectivity index (χ1v) is 18.7. The number of rotatable bonds is 18. The van der Waals surface area contributed by atoms with E-state index >= 15 is 0 Å². The predicted molar refractivity (Wildman–Crippen MR) is 189 cm³/mol. The van der Waals surface area contributed by atoms with Crippen molar-refractivity contribution in [2.45, 2.75) is 129 Å². The van der Waals surface area contributed by atoms with E-state index in [1.807, 2.05) is 12.1 Å². The van der Waals surface area contributed by atoms with Crippen LogP contribution >= 0.6 is 0 Å². The fourth-order valence-corrected chi connectivity index (χ4v) is 5.85. The van der Waals surface area contributed by atoms with Gasteiger partial charge in [-0.3, -0.25) is 0 Å². The zero-order chi connectivity index (χ0) is 32.3. The molecule has 6 heteroatoms. The third-order valence-corrected chi connectivity index (χ3v) is 8.60. The van der Waals surface area contributed by atoms with E-state index < -0.39 is 0 Å². The summed E-state index contributed by atoms with van der Waals surface area (Å²) in [5.74, 6) is 3.06. The average molecular weight is 641 g/mol. The van der Waals surface area contributed by atoms with E-state index in [1.54, 1.807) is 0 Å². The molecule has 1 aliphatic rings. The van der Waals surface area contributed by atoms with E-state index in [1.165, 1.54) is 114 Å². The van der Waals surface area contributed by atoms with Gasteiger partial charge in [-0.2, -0.15) is 0 Å². The number of hydrogen-bond donors (Lipinski definition) is 0. The van der Waals surface area contributed by atoms with Crippen LogP contribution in [0.4, 0.5) is 0 Å². The zero-order valence-corrected chi connectivity index (χ0v) is 29.3. The Morgan fingerprint density at radius 3 is 1.07 bits per heavy atom. The van der Waals surface area contributed by atoms with E-state index in [0.717, 1.165) is 35.8 Å². The second-order valence-electron chi connectivity index (χ2n) is 12.6. The number of benzene rings is 2. The molecule has 2 aromatic rings. The van der Waals surface area contributed by atoms with Gasteiger partial charge in [-0.05, 0) is 61.1 Å². The number of hydrogen-bond acceptors (Lipinski definition) is 6. The van der Waals surface area contributed by atoms with Crippen molar-refractivity contribution in [2.24, 2.45) is 0 Å². The summed E-state index contributed by atoms with van der Waals surface area (Å²) in [6.45, 7) is 8.27. The monoisotopic (exact) mass is 640 g/mol. The highest BCUT2D eigenvalue weighted by atomic mass is 16.6. The molecule has 0 radical (unpaired) electrons. The Hall–Kier alpha value is -2.44. The number of fused-ring (bicyclic) bond motifs is 2. The molecule has 0 saturated carbocycles. The normalized spacial score (nSPS) is 14.8. The van der Waals surface area contributed by atoms with Crippen LogP contribution < -0.4 is 18.9 Å². The topological polar surface area (TPSA) is 55.4 Å². The minimum Gasteiger partial charge on any atom is -0.487 e. The second kappa shape index (κ2) is 25.6. The fraction of sp³-hybridized carbons (Fsp3) is 0.700. The SMILES string of the molecule is CCCCCCCCCCc1ccc2c(c1)OCCOCCOc1ccc(CCCCCCCCCC)cc1OCCOCCO2. The molecule has 0 N–H and O–H groups in total. The summed E-state index contributed by atoms with van der Waals surface area (Å²) in [7, 11) is 0. The number of unbranched alkanes of at least 4 members (excludes halogenated alkanes) is 14. The molecule has 0 unspecified atom stereocenters. The fourth-order valence-electron chi connectivity index (χ4n) is 5.85. The van der Waals surface area contributed by atoms with E-state index in [4.69, 9.17) is 28.4 Å². The lowest BCUT2D eigenvalue weighted by molar-refractivity contribution is 0.0640. The maximum absolute atomic E-state index is 6.14. The Bertz CT molecular complexity index is 943. The molecule has 1 aliphatic heterocycles. The third-order valence-electron chi connectivity index (χ3n) is 8.60. The maximum atomic E-state index is 6.14. The van der Waals surface area contributed by atoms with Crippen molar-refractivity contribution in [1.82, 2.24) is 0 Å². The van der Waals surface area contributed by atoms with Gasteiger partial charge in [0, 0.05) is 0 Å². The maximum Gasteiger partial charge on any atom is 0.161 e. The van der Waals surface area contributed by atoms with Gasteiger partial charge in [-0.1, -0.05) is 116 Å². The molecule has 2 aromatic carbocycles.